The minimum Gasteiger partial charge on any atom is -0.315 e. The normalized spacial score (nSPS) is 33.4. The smallest absolute Gasteiger partial charge is 0.0261 e. The minimum absolute atomic E-state index is 0.814. The maximum atomic E-state index is 3.55. The van der Waals surface area contributed by atoms with Crippen molar-refractivity contribution in [3.05, 3.63) is 0 Å². The molecule has 3 heteroatoms. The third-order valence-corrected chi connectivity index (χ3v) is 4.24. The van der Waals surface area contributed by atoms with Crippen LogP contribution >= 0.6 is 0 Å². The molecule has 0 amide bonds. The van der Waals surface area contributed by atoms with Crippen LogP contribution in [0.15, 0.2) is 0 Å². The van der Waals surface area contributed by atoms with Gasteiger partial charge in [0.25, 0.3) is 0 Å². The molecule has 2 rings (SSSR count). The summed E-state index contributed by atoms with van der Waals surface area (Å²) in [5.74, 6) is 0.887. The Bertz CT molecular complexity index is 199. The first-order chi connectivity index (χ1) is 7.85. The zero-order valence-electron chi connectivity index (χ0n) is 10.9. The second kappa shape index (κ2) is 5.99. The van der Waals surface area contributed by atoms with Crippen LogP contribution in [0.3, 0.4) is 0 Å². The van der Waals surface area contributed by atoms with Crippen LogP contribution in [0.25, 0.3) is 0 Å². The van der Waals surface area contributed by atoms with Crippen molar-refractivity contribution < 1.29 is 0 Å². The molecule has 0 aromatic rings. The Labute approximate surface area is 100 Å². The monoisotopic (exact) mass is 225 g/mol. The zero-order chi connectivity index (χ0) is 11.4. The fourth-order valence-electron chi connectivity index (χ4n) is 3.20. The third-order valence-electron chi connectivity index (χ3n) is 4.24. The van der Waals surface area contributed by atoms with Gasteiger partial charge in [0.15, 0.2) is 0 Å². The summed E-state index contributed by atoms with van der Waals surface area (Å²) < 4.78 is 0. The Hall–Kier alpha value is -0.120. The van der Waals surface area contributed by atoms with Crippen LogP contribution in [0.2, 0.25) is 0 Å². The number of hydrogen-bond donors (Lipinski definition) is 1. The molecule has 2 fully saturated rings. The molecular weight excluding hydrogens is 198 g/mol. The quantitative estimate of drug-likeness (QED) is 0.770. The molecule has 16 heavy (non-hydrogen) atoms. The largest absolute Gasteiger partial charge is 0.315 e. The highest BCUT2D eigenvalue weighted by Gasteiger charge is 2.32. The van der Waals surface area contributed by atoms with Crippen molar-refractivity contribution in [2.75, 3.05) is 45.8 Å². The molecule has 2 unspecified atom stereocenters. The van der Waals surface area contributed by atoms with E-state index in [2.05, 4.69) is 29.0 Å². The number of hydrogen-bond acceptors (Lipinski definition) is 3. The molecule has 1 N–H and O–H groups in total. The zero-order valence-corrected chi connectivity index (χ0v) is 10.9. The highest BCUT2D eigenvalue weighted by molar-refractivity contribution is 4.90. The predicted molar refractivity (Wildman–Crippen MR) is 68.7 cm³/mol. The van der Waals surface area contributed by atoms with E-state index in [0.717, 1.165) is 12.0 Å². The van der Waals surface area contributed by atoms with Crippen LogP contribution in [-0.2, 0) is 0 Å². The summed E-state index contributed by atoms with van der Waals surface area (Å²) >= 11 is 0. The van der Waals surface area contributed by atoms with Crippen molar-refractivity contribution in [1.82, 2.24) is 15.1 Å². The van der Waals surface area contributed by atoms with E-state index < -0.39 is 0 Å². The molecular formula is C13H27N3. The summed E-state index contributed by atoms with van der Waals surface area (Å²) in [6.07, 6.45) is 2.62. The highest BCUT2D eigenvalue weighted by atomic mass is 15.3. The maximum Gasteiger partial charge on any atom is 0.0261 e. The van der Waals surface area contributed by atoms with Gasteiger partial charge in [0.1, 0.15) is 0 Å². The minimum atomic E-state index is 0.814. The first kappa shape index (κ1) is 12.3. The van der Waals surface area contributed by atoms with E-state index in [1.165, 1.54) is 58.7 Å². The second-order valence-corrected chi connectivity index (χ2v) is 5.27. The van der Waals surface area contributed by atoms with Crippen LogP contribution in [0, 0.1) is 5.92 Å². The Kier molecular flexibility index (Phi) is 4.62. The molecule has 3 nitrogen and oxygen atoms in total. The molecule has 2 atom stereocenters. The molecule has 2 saturated heterocycles. The molecule has 0 saturated carbocycles. The summed E-state index contributed by atoms with van der Waals surface area (Å²) in [7, 11) is 0. The summed E-state index contributed by atoms with van der Waals surface area (Å²) in [5, 5.41) is 3.55. The molecule has 0 aliphatic carbocycles. The lowest BCUT2D eigenvalue weighted by Gasteiger charge is -2.39. The molecule has 2 aliphatic rings. The van der Waals surface area contributed by atoms with Gasteiger partial charge in [-0.05, 0) is 25.4 Å². The molecule has 0 spiro atoms. The first-order valence-electron chi connectivity index (χ1n) is 7.02. The second-order valence-electron chi connectivity index (χ2n) is 5.27. The topological polar surface area (TPSA) is 18.5 Å². The predicted octanol–water partition coefficient (Wildman–Crippen LogP) is 1.01. The summed E-state index contributed by atoms with van der Waals surface area (Å²) in [6.45, 7) is 13.5. The molecule has 2 aliphatic heterocycles. The van der Waals surface area contributed by atoms with E-state index >= 15 is 0 Å². The van der Waals surface area contributed by atoms with Gasteiger partial charge in [0.05, 0.1) is 0 Å². The maximum absolute atomic E-state index is 3.55. The van der Waals surface area contributed by atoms with Gasteiger partial charge in [-0.25, -0.2) is 0 Å². The Morgan fingerprint density at radius 1 is 1.06 bits per heavy atom. The van der Waals surface area contributed by atoms with Crippen LogP contribution in [0.5, 0.6) is 0 Å². The average molecular weight is 225 g/mol. The number of nitrogens with one attached hydrogen (secondary N) is 1. The fraction of sp³-hybridized carbons (Fsp3) is 1.00. The third kappa shape index (κ3) is 2.76. The first-order valence-corrected chi connectivity index (χ1v) is 7.02. The molecule has 0 aromatic heterocycles. The highest BCUT2D eigenvalue weighted by Crippen LogP contribution is 2.20. The van der Waals surface area contributed by atoms with Crippen molar-refractivity contribution in [3.8, 4) is 0 Å². The van der Waals surface area contributed by atoms with Crippen molar-refractivity contribution in [2.45, 2.75) is 32.7 Å². The Morgan fingerprint density at radius 3 is 2.44 bits per heavy atom. The fourth-order valence-corrected chi connectivity index (χ4v) is 3.20. The van der Waals surface area contributed by atoms with E-state index in [-0.39, 0.29) is 0 Å². The van der Waals surface area contributed by atoms with Gasteiger partial charge in [0, 0.05) is 38.8 Å². The lowest BCUT2D eigenvalue weighted by Crippen LogP contribution is -2.52. The van der Waals surface area contributed by atoms with Gasteiger partial charge < -0.3 is 10.2 Å². The summed E-state index contributed by atoms with van der Waals surface area (Å²) in [6, 6.07) is 0.814. The van der Waals surface area contributed by atoms with E-state index in [1.807, 2.05) is 0 Å². The van der Waals surface area contributed by atoms with E-state index in [4.69, 9.17) is 0 Å². The number of rotatable bonds is 4. The van der Waals surface area contributed by atoms with Crippen molar-refractivity contribution >= 4 is 0 Å². The molecule has 0 radical (unpaired) electrons. The van der Waals surface area contributed by atoms with Crippen molar-refractivity contribution in [2.24, 2.45) is 5.92 Å². The van der Waals surface area contributed by atoms with Gasteiger partial charge in [-0.2, -0.15) is 0 Å². The SMILES string of the molecule is CCCN1CCN(C2CNCC2CC)CC1. The Balaban J connectivity index is 1.79. The van der Waals surface area contributed by atoms with Gasteiger partial charge in [-0.1, -0.05) is 20.3 Å². The number of piperazine rings is 1. The molecule has 2 heterocycles. The summed E-state index contributed by atoms with van der Waals surface area (Å²) in [4.78, 5) is 5.33. The number of nitrogens with zero attached hydrogens (tertiary/aromatic N) is 2. The van der Waals surface area contributed by atoms with Crippen LogP contribution in [0.1, 0.15) is 26.7 Å². The molecule has 0 bridgehead atoms. The Morgan fingerprint density at radius 2 is 1.81 bits per heavy atom. The van der Waals surface area contributed by atoms with Gasteiger partial charge in [-0.15, -0.1) is 0 Å². The van der Waals surface area contributed by atoms with Gasteiger partial charge in [0.2, 0.25) is 0 Å². The average Bonchev–Trinajstić information content (AvgIpc) is 2.78. The molecule has 94 valence electrons. The van der Waals surface area contributed by atoms with Gasteiger partial charge in [-0.3, -0.25) is 4.90 Å². The van der Waals surface area contributed by atoms with E-state index in [9.17, 15) is 0 Å². The van der Waals surface area contributed by atoms with E-state index in [0.29, 0.717) is 0 Å². The molecule has 0 aromatic carbocycles. The van der Waals surface area contributed by atoms with Gasteiger partial charge >= 0.3 is 0 Å². The lowest BCUT2D eigenvalue weighted by molar-refractivity contribution is 0.0850. The van der Waals surface area contributed by atoms with E-state index in [1.54, 1.807) is 0 Å². The van der Waals surface area contributed by atoms with Crippen LogP contribution < -0.4 is 5.32 Å². The van der Waals surface area contributed by atoms with Crippen LogP contribution in [-0.4, -0.2) is 61.7 Å². The lowest BCUT2D eigenvalue weighted by atomic mass is 9.99. The standard InChI is InChI=1S/C13H27N3/c1-3-5-15-6-8-16(9-7-15)13-11-14-10-12(13)4-2/h12-14H,3-11H2,1-2H3. The summed E-state index contributed by atoms with van der Waals surface area (Å²) in [5.41, 5.74) is 0. The van der Waals surface area contributed by atoms with Crippen LogP contribution in [0.4, 0.5) is 0 Å². The van der Waals surface area contributed by atoms with Crippen molar-refractivity contribution in [1.29, 1.82) is 0 Å². The van der Waals surface area contributed by atoms with Crippen molar-refractivity contribution in [3.63, 3.8) is 0 Å².